The number of hydrogen-bond acceptors (Lipinski definition) is 5. The number of sulfonamides is 1. The monoisotopic (exact) mass is 463 g/mol. The van der Waals surface area contributed by atoms with Gasteiger partial charge in [-0.25, -0.2) is 13.4 Å². The van der Waals surface area contributed by atoms with Crippen molar-refractivity contribution in [3.8, 4) is 5.75 Å². The van der Waals surface area contributed by atoms with Crippen molar-refractivity contribution in [1.29, 1.82) is 0 Å². The SMILES string of the molecule is COc1ccc(Cn2ccnc2C2CCN(S(=O)(=O)c3c(C)nn(C)c3Cl)CC2)cc1. The van der Waals surface area contributed by atoms with Gasteiger partial charge in [-0.3, -0.25) is 4.68 Å². The molecule has 0 spiro atoms. The van der Waals surface area contributed by atoms with Gasteiger partial charge in [-0.2, -0.15) is 9.40 Å². The lowest BCUT2D eigenvalue weighted by Crippen LogP contribution is -2.38. The zero-order valence-corrected chi connectivity index (χ0v) is 19.4. The predicted molar refractivity (Wildman–Crippen MR) is 118 cm³/mol. The minimum atomic E-state index is -3.68. The second-order valence-electron chi connectivity index (χ2n) is 7.77. The molecule has 10 heteroatoms. The van der Waals surface area contributed by atoms with Crippen molar-refractivity contribution in [3.63, 3.8) is 0 Å². The van der Waals surface area contributed by atoms with Crippen LogP contribution in [0.3, 0.4) is 0 Å². The number of rotatable bonds is 6. The second-order valence-corrected chi connectivity index (χ2v) is 10.0. The summed E-state index contributed by atoms with van der Waals surface area (Å²) in [6.45, 7) is 3.23. The van der Waals surface area contributed by atoms with E-state index < -0.39 is 10.0 Å². The van der Waals surface area contributed by atoms with Gasteiger partial charge < -0.3 is 9.30 Å². The van der Waals surface area contributed by atoms with E-state index in [1.165, 1.54) is 8.99 Å². The maximum Gasteiger partial charge on any atom is 0.248 e. The first-order chi connectivity index (χ1) is 14.8. The maximum atomic E-state index is 13.2. The second kappa shape index (κ2) is 8.64. The van der Waals surface area contributed by atoms with Gasteiger partial charge in [0, 0.05) is 45.0 Å². The molecule has 8 nitrogen and oxygen atoms in total. The third-order valence-corrected chi connectivity index (χ3v) is 8.37. The van der Waals surface area contributed by atoms with Crippen LogP contribution in [0, 0.1) is 6.92 Å². The Bertz CT molecular complexity index is 1160. The fraction of sp³-hybridized carbons (Fsp3) is 0.429. The largest absolute Gasteiger partial charge is 0.497 e. The number of halogens is 1. The van der Waals surface area contributed by atoms with E-state index in [2.05, 4.69) is 14.6 Å². The number of aromatic nitrogens is 4. The van der Waals surface area contributed by atoms with E-state index in [0.717, 1.165) is 17.1 Å². The minimum Gasteiger partial charge on any atom is -0.497 e. The molecule has 0 N–H and O–H groups in total. The summed E-state index contributed by atoms with van der Waals surface area (Å²) in [5.41, 5.74) is 1.58. The minimum absolute atomic E-state index is 0.108. The van der Waals surface area contributed by atoms with Crippen molar-refractivity contribution in [2.45, 2.75) is 37.1 Å². The number of hydrogen-bond donors (Lipinski definition) is 0. The Morgan fingerprint density at radius 1 is 1.19 bits per heavy atom. The average molecular weight is 464 g/mol. The van der Waals surface area contributed by atoms with E-state index in [1.807, 2.05) is 30.5 Å². The molecule has 1 fully saturated rings. The lowest BCUT2D eigenvalue weighted by atomic mass is 9.97. The Morgan fingerprint density at radius 3 is 2.45 bits per heavy atom. The van der Waals surface area contributed by atoms with Gasteiger partial charge in [0.1, 0.15) is 21.6 Å². The molecule has 3 aromatic rings. The summed E-state index contributed by atoms with van der Waals surface area (Å²) < 4.78 is 36.6. The fourth-order valence-corrected chi connectivity index (χ4v) is 6.30. The lowest BCUT2D eigenvalue weighted by Gasteiger charge is -2.31. The van der Waals surface area contributed by atoms with Crippen LogP contribution in [0.25, 0.3) is 0 Å². The van der Waals surface area contributed by atoms with E-state index in [1.54, 1.807) is 27.3 Å². The highest BCUT2D eigenvalue weighted by atomic mass is 35.5. The van der Waals surface area contributed by atoms with Crippen LogP contribution < -0.4 is 4.74 Å². The average Bonchev–Trinajstić information content (AvgIpc) is 3.32. The van der Waals surface area contributed by atoms with Gasteiger partial charge in [-0.1, -0.05) is 23.7 Å². The van der Waals surface area contributed by atoms with Crippen LogP contribution in [-0.2, 0) is 23.6 Å². The zero-order chi connectivity index (χ0) is 22.2. The molecule has 1 aromatic carbocycles. The Kier molecular flexibility index (Phi) is 6.09. The molecule has 1 saturated heterocycles. The molecule has 0 saturated carbocycles. The standard InChI is InChI=1S/C21H26ClN5O3S/c1-15-19(20(22)25(2)24-15)31(28,29)27-11-8-17(9-12-27)21-23-10-13-26(21)14-16-4-6-18(30-3)7-5-16/h4-7,10,13,17H,8-9,11-12,14H2,1-3H3. The van der Waals surface area contributed by atoms with Gasteiger partial charge in [-0.05, 0) is 37.5 Å². The molecule has 166 valence electrons. The van der Waals surface area contributed by atoms with Crippen molar-refractivity contribution < 1.29 is 13.2 Å². The Morgan fingerprint density at radius 2 is 1.87 bits per heavy atom. The van der Waals surface area contributed by atoms with Crippen LogP contribution in [0.5, 0.6) is 5.75 Å². The quantitative estimate of drug-likeness (QED) is 0.560. The van der Waals surface area contributed by atoms with Crippen LogP contribution in [0.15, 0.2) is 41.6 Å². The number of nitrogens with zero attached hydrogens (tertiary/aromatic N) is 5. The summed E-state index contributed by atoms with van der Waals surface area (Å²) in [6.07, 6.45) is 5.19. The smallest absolute Gasteiger partial charge is 0.248 e. The Balaban J connectivity index is 1.46. The number of methoxy groups -OCH3 is 1. The molecular weight excluding hydrogens is 438 g/mol. The summed E-state index contributed by atoms with van der Waals surface area (Å²) >= 11 is 6.22. The highest BCUT2D eigenvalue weighted by molar-refractivity contribution is 7.89. The van der Waals surface area contributed by atoms with Gasteiger partial charge in [-0.15, -0.1) is 0 Å². The maximum absolute atomic E-state index is 13.2. The third-order valence-electron chi connectivity index (χ3n) is 5.78. The number of piperidine rings is 1. The number of aryl methyl sites for hydroxylation is 2. The van der Waals surface area contributed by atoms with Crippen LogP contribution in [-0.4, -0.2) is 52.3 Å². The molecule has 0 radical (unpaired) electrons. The van der Waals surface area contributed by atoms with Crippen LogP contribution in [0.4, 0.5) is 0 Å². The molecule has 31 heavy (non-hydrogen) atoms. The molecule has 0 amide bonds. The van der Waals surface area contributed by atoms with E-state index in [9.17, 15) is 8.42 Å². The topological polar surface area (TPSA) is 82.2 Å². The van der Waals surface area contributed by atoms with Crippen LogP contribution in [0.2, 0.25) is 5.15 Å². The van der Waals surface area contributed by atoms with Crippen molar-refractivity contribution in [2.75, 3.05) is 20.2 Å². The predicted octanol–water partition coefficient (Wildman–Crippen LogP) is 3.20. The molecule has 0 bridgehead atoms. The van der Waals surface area contributed by atoms with Gasteiger partial charge in [0.05, 0.1) is 12.8 Å². The van der Waals surface area contributed by atoms with E-state index >= 15 is 0 Å². The van der Waals surface area contributed by atoms with E-state index in [4.69, 9.17) is 16.3 Å². The highest BCUT2D eigenvalue weighted by Gasteiger charge is 2.35. The molecule has 4 rings (SSSR count). The first-order valence-electron chi connectivity index (χ1n) is 10.1. The van der Waals surface area contributed by atoms with Gasteiger partial charge in [0.25, 0.3) is 0 Å². The Labute approximate surface area is 187 Å². The van der Waals surface area contributed by atoms with Crippen LogP contribution >= 0.6 is 11.6 Å². The fourth-order valence-electron chi connectivity index (χ4n) is 4.13. The van der Waals surface area contributed by atoms with Gasteiger partial charge >= 0.3 is 0 Å². The lowest BCUT2D eigenvalue weighted by molar-refractivity contribution is 0.310. The Hall–Kier alpha value is -2.36. The first-order valence-corrected chi connectivity index (χ1v) is 12.0. The third kappa shape index (κ3) is 4.22. The molecule has 3 heterocycles. The summed E-state index contributed by atoms with van der Waals surface area (Å²) in [4.78, 5) is 4.69. The van der Waals surface area contributed by atoms with Crippen molar-refractivity contribution >= 4 is 21.6 Å². The van der Waals surface area contributed by atoms with E-state index in [0.29, 0.717) is 38.2 Å². The van der Waals surface area contributed by atoms with Crippen molar-refractivity contribution in [2.24, 2.45) is 7.05 Å². The number of ether oxygens (including phenoxy) is 1. The number of benzene rings is 1. The molecule has 1 aliphatic rings. The zero-order valence-electron chi connectivity index (χ0n) is 17.8. The summed E-state index contributed by atoms with van der Waals surface area (Å²) in [7, 11) is -0.387. The van der Waals surface area contributed by atoms with Crippen molar-refractivity contribution in [1.82, 2.24) is 23.6 Å². The van der Waals surface area contributed by atoms with Crippen LogP contribution in [0.1, 0.15) is 35.8 Å². The molecule has 0 unspecified atom stereocenters. The van der Waals surface area contributed by atoms with Crippen molar-refractivity contribution in [3.05, 3.63) is 58.9 Å². The molecule has 0 atom stereocenters. The molecule has 0 aliphatic carbocycles. The normalized spacial score (nSPS) is 16.0. The van der Waals surface area contributed by atoms with Gasteiger partial charge in [0.15, 0.2) is 0 Å². The number of imidazole rings is 1. The van der Waals surface area contributed by atoms with Gasteiger partial charge in [0.2, 0.25) is 10.0 Å². The molecule has 2 aromatic heterocycles. The summed E-state index contributed by atoms with van der Waals surface area (Å²) in [5, 5.41) is 4.30. The van der Waals surface area contributed by atoms with E-state index in [-0.39, 0.29) is 16.0 Å². The molecular formula is C21H26ClN5O3S. The summed E-state index contributed by atoms with van der Waals surface area (Å²) in [6, 6.07) is 7.97. The highest BCUT2D eigenvalue weighted by Crippen LogP contribution is 2.33. The molecule has 1 aliphatic heterocycles. The summed E-state index contributed by atoms with van der Waals surface area (Å²) in [5.74, 6) is 2.01. The first kappa shape index (κ1) is 21.9.